The van der Waals surface area contributed by atoms with Crippen LogP contribution in [0.5, 0.6) is 0 Å². The molecule has 0 fully saturated rings. The third-order valence-electron chi connectivity index (χ3n) is 2.01. The van der Waals surface area contributed by atoms with Gasteiger partial charge in [0.05, 0.1) is 12.5 Å². The smallest absolute Gasteiger partial charge is 0.313 e. The quantitative estimate of drug-likeness (QED) is 0.720. The van der Waals surface area contributed by atoms with Crippen molar-refractivity contribution >= 4 is 17.6 Å². The Morgan fingerprint density at radius 1 is 1.50 bits per heavy atom. The monoisotopic (exact) mass is 212 g/mol. The van der Waals surface area contributed by atoms with E-state index in [2.05, 4.69) is 0 Å². The molecule has 0 aromatic heterocycles. The third kappa shape index (κ3) is 2.48. The van der Waals surface area contributed by atoms with Crippen molar-refractivity contribution in [2.45, 2.75) is 19.8 Å². The Morgan fingerprint density at radius 2 is 2.14 bits per heavy atom. The fraction of sp³-hybridized carbons (Fsp3) is 0.364. The highest BCUT2D eigenvalue weighted by atomic mass is 35.5. The molecule has 1 atom stereocenters. The average Bonchev–Trinajstić information content (AvgIpc) is 2.18. The molecule has 0 spiro atoms. The number of carbonyl (C=O) groups excluding carboxylic acids is 1. The summed E-state index contributed by atoms with van der Waals surface area (Å²) in [6.45, 7) is 3.98. The lowest BCUT2D eigenvalue weighted by Gasteiger charge is -2.11. The van der Waals surface area contributed by atoms with Gasteiger partial charge < -0.3 is 4.74 Å². The topological polar surface area (TPSA) is 26.3 Å². The first-order chi connectivity index (χ1) is 6.66. The van der Waals surface area contributed by atoms with Crippen molar-refractivity contribution in [1.82, 2.24) is 0 Å². The molecule has 0 N–H and O–H groups in total. The van der Waals surface area contributed by atoms with E-state index in [1.807, 2.05) is 18.2 Å². The maximum Gasteiger partial charge on any atom is 0.313 e. The van der Waals surface area contributed by atoms with Gasteiger partial charge in [-0.05, 0) is 25.5 Å². The van der Waals surface area contributed by atoms with Gasteiger partial charge in [-0.25, -0.2) is 0 Å². The van der Waals surface area contributed by atoms with E-state index in [0.29, 0.717) is 11.6 Å². The third-order valence-corrected chi connectivity index (χ3v) is 2.36. The lowest BCUT2D eigenvalue weighted by Crippen LogP contribution is -2.13. The van der Waals surface area contributed by atoms with Crippen LogP contribution in [0.3, 0.4) is 0 Å². The van der Waals surface area contributed by atoms with Crippen molar-refractivity contribution in [2.24, 2.45) is 0 Å². The summed E-state index contributed by atoms with van der Waals surface area (Å²) in [7, 11) is 0. The molecule has 0 heterocycles. The molecule has 0 saturated heterocycles. The van der Waals surface area contributed by atoms with Crippen molar-refractivity contribution < 1.29 is 9.53 Å². The maximum absolute atomic E-state index is 11.4. The van der Waals surface area contributed by atoms with E-state index in [0.717, 1.165) is 5.56 Å². The van der Waals surface area contributed by atoms with Gasteiger partial charge >= 0.3 is 5.97 Å². The summed E-state index contributed by atoms with van der Waals surface area (Å²) in [5.41, 5.74) is 0.813. The summed E-state index contributed by atoms with van der Waals surface area (Å²) in [4.78, 5) is 11.4. The van der Waals surface area contributed by atoms with Crippen molar-refractivity contribution in [3.8, 4) is 0 Å². The Morgan fingerprint density at radius 3 is 2.71 bits per heavy atom. The summed E-state index contributed by atoms with van der Waals surface area (Å²) in [5, 5.41) is 0.605. The number of hydrogen-bond donors (Lipinski definition) is 0. The molecule has 0 aliphatic carbocycles. The fourth-order valence-electron chi connectivity index (χ4n) is 1.22. The molecule has 3 heteroatoms. The van der Waals surface area contributed by atoms with Crippen LogP contribution < -0.4 is 0 Å². The van der Waals surface area contributed by atoms with Crippen molar-refractivity contribution in [3.05, 3.63) is 34.9 Å². The minimum Gasteiger partial charge on any atom is -0.466 e. The molecule has 0 saturated carbocycles. The Labute approximate surface area is 88.8 Å². The molecule has 14 heavy (non-hydrogen) atoms. The Hall–Kier alpha value is -1.02. The minimum atomic E-state index is -0.302. The number of carbonyl (C=O) groups is 1. The lowest BCUT2D eigenvalue weighted by atomic mass is 10.0. The van der Waals surface area contributed by atoms with E-state index >= 15 is 0 Å². The van der Waals surface area contributed by atoms with Crippen LogP contribution in [0, 0.1) is 0 Å². The summed E-state index contributed by atoms with van der Waals surface area (Å²) in [6, 6.07) is 7.30. The normalized spacial score (nSPS) is 12.2. The summed E-state index contributed by atoms with van der Waals surface area (Å²) in [5.74, 6) is -0.538. The molecular formula is C11H13ClO2. The molecule has 2 nitrogen and oxygen atoms in total. The average molecular weight is 213 g/mol. The molecular weight excluding hydrogens is 200 g/mol. The van der Waals surface area contributed by atoms with Crippen LogP contribution in [0.4, 0.5) is 0 Å². The second kappa shape index (κ2) is 5.01. The standard InChI is InChI=1S/C11H13ClO2/c1-3-14-11(13)8(2)9-6-4-5-7-10(9)12/h4-8H,3H2,1-2H3/t8-/m0/s1. The number of rotatable bonds is 3. The number of esters is 1. The number of halogens is 1. The van der Waals surface area contributed by atoms with Crippen molar-refractivity contribution in [2.75, 3.05) is 6.61 Å². The highest BCUT2D eigenvalue weighted by Gasteiger charge is 2.18. The van der Waals surface area contributed by atoms with E-state index in [9.17, 15) is 4.79 Å². The van der Waals surface area contributed by atoms with E-state index in [1.54, 1.807) is 19.9 Å². The summed E-state index contributed by atoms with van der Waals surface area (Å²) in [6.07, 6.45) is 0. The first kappa shape index (κ1) is 11.1. The van der Waals surface area contributed by atoms with Crippen molar-refractivity contribution in [1.29, 1.82) is 0 Å². The second-order valence-electron chi connectivity index (χ2n) is 3.00. The molecule has 0 aliphatic heterocycles. The van der Waals surface area contributed by atoms with Gasteiger partial charge in [0.2, 0.25) is 0 Å². The SMILES string of the molecule is CCOC(=O)[C@@H](C)c1ccccc1Cl. The molecule has 0 unspecified atom stereocenters. The van der Waals surface area contributed by atoms with Crippen LogP contribution in [0.25, 0.3) is 0 Å². The van der Waals surface area contributed by atoms with Crippen LogP contribution in [0.1, 0.15) is 25.3 Å². The number of benzene rings is 1. The largest absolute Gasteiger partial charge is 0.466 e. The molecule has 1 aromatic rings. The molecule has 76 valence electrons. The molecule has 1 aromatic carbocycles. The van der Waals surface area contributed by atoms with Gasteiger partial charge in [0.25, 0.3) is 0 Å². The van der Waals surface area contributed by atoms with Gasteiger partial charge in [-0.1, -0.05) is 29.8 Å². The zero-order chi connectivity index (χ0) is 10.6. The van der Waals surface area contributed by atoms with Crippen LogP contribution >= 0.6 is 11.6 Å². The molecule has 0 amide bonds. The fourth-order valence-corrected chi connectivity index (χ4v) is 1.52. The van der Waals surface area contributed by atoms with Gasteiger partial charge in [-0.15, -0.1) is 0 Å². The van der Waals surface area contributed by atoms with Crippen molar-refractivity contribution in [3.63, 3.8) is 0 Å². The van der Waals surface area contributed by atoms with Gasteiger partial charge in [-0.2, -0.15) is 0 Å². The van der Waals surface area contributed by atoms with Crippen LogP contribution in [0.2, 0.25) is 5.02 Å². The first-order valence-corrected chi connectivity index (χ1v) is 4.95. The van der Waals surface area contributed by atoms with E-state index < -0.39 is 0 Å². The van der Waals surface area contributed by atoms with Crippen LogP contribution in [0.15, 0.2) is 24.3 Å². The molecule has 1 rings (SSSR count). The Balaban J connectivity index is 2.84. The highest BCUT2D eigenvalue weighted by Crippen LogP contribution is 2.24. The number of ether oxygens (including phenoxy) is 1. The molecule has 0 aliphatic rings. The van der Waals surface area contributed by atoms with E-state index in [1.165, 1.54) is 0 Å². The van der Waals surface area contributed by atoms with Gasteiger partial charge in [0.15, 0.2) is 0 Å². The maximum atomic E-state index is 11.4. The predicted octanol–water partition coefficient (Wildman–Crippen LogP) is 3.01. The summed E-state index contributed by atoms with van der Waals surface area (Å²) >= 11 is 5.96. The second-order valence-corrected chi connectivity index (χ2v) is 3.40. The van der Waals surface area contributed by atoms with Gasteiger partial charge in [0, 0.05) is 5.02 Å². The van der Waals surface area contributed by atoms with Gasteiger partial charge in [0.1, 0.15) is 0 Å². The van der Waals surface area contributed by atoms with E-state index in [-0.39, 0.29) is 11.9 Å². The first-order valence-electron chi connectivity index (χ1n) is 4.58. The summed E-state index contributed by atoms with van der Waals surface area (Å²) < 4.78 is 4.92. The lowest BCUT2D eigenvalue weighted by molar-refractivity contribution is -0.144. The predicted molar refractivity (Wildman–Crippen MR) is 56.5 cm³/mol. The van der Waals surface area contributed by atoms with Crippen LogP contribution in [-0.2, 0) is 9.53 Å². The number of hydrogen-bond acceptors (Lipinski definition) is 2. The van der Waals surface area contributed by atoms with Crippen LogP contribution in [-0.4, -0.2) is 12.6 Å². The molecule has 0 radical (unpaired) electrons. The Kier molecular flexibility index (Phi) is 3.96. The molecule has 0 bridgehead atoms. The van der Waals surface area contributed by atoms with Gasteiger partial charge in [-0.3, -0.25) is 4.79 Å². The zero-order valence-electron chi connectivity index (χ0n) is 8.29. The zero-order valence-corrected chi connectivity index (χ0v) is 9.04. The van der Waals surface area contributed by atoms with E-state index in [4.69, 9.17) is 16.3 Å². The Bertz CT molecular complexity index is 323. The minimum absolute atomic E-state index is 0.236. The highest BCUT2D eigenvalue weighted by molar-refractivity contribution is 6.31.